The zero-order chi connectivity index (χ0) is 10.7. The van der Waals surface area contributed by atoms with Crippen LogP contribution < -0.4 is 0 Å². The monoisotopic (exact) mass is 294 g/mol. The van der Waals surface area contributed by atoms with Gasteiger partial charge in [-0.25, -0.2) is 0 Å². The minimum absolute atomic E-state index is 0.498. The third-order valence-electron chi connectivity index (χ3n) is 1.54. The first-order chi connectivity index (χ1) is 6.50. The highest BCUT2D eigenvalue weighted by Gasteiger charge is 2.14. The molecule has 0 radical (unpaired) electrons. The fourth-order valence-corrected chi connectivity index (χ4v) is 2.43. The van der Waals surface area contributed by atoms with Crippen molar-refractivity contribution >= 4 is 45.3 Å². The second-order valence-electron chi connectivity index (χ2n) is 2.67. The molecule has 0 aliphatic carbocycles. The standard InChI is InChI=1S/C9H8BrClO2S/c1-5(9(12)13)14-8-4-6(10)2-3-7(8)11/h2-5H,1H3,(H,12,13). The number of aliphatic carboxylic acids is 1. The number of halogens is 2. The van der Waals surface area contributed by atoms with Gasteiger partial charge in [0.2, 0.25) is 0 Å². The van der Waals surface area contributed by atoms with Crippen molar-refractivity contribution in [2.45, 2.75) is 17.1 Å². The Labute approximate surface area is 99.8 Å². The average molecular weight is 296 g/mol. The molecule has 0 aromatic heterocycles. The summed E-state index contributed by atoms with van der Waals surface area (Å²) in [7, 11) is 0. The van der Waals surface area contributed by atoms with E-state index in [0.717, 1.165) is 9.37 Å². The number of benzene rings is 1. The molecule has 5 heteroatoms. The Morgan fingerprint density at radius 2 is 2.29 bits per heavy atom. The first-order valence-corrected chi connectivity index (χ1v) is 5.90. The van der Waals surface area contributed by atoms with Gasteiger partial charge in [0.1, 0.15) is 5.25 Å². The minimum Gasteiger partial charge on any atom is -0.480 e. The second kappa shape index (κ2) is 5.05. The summed E-state index contributed by atoms with van der Waals surface area (Å²) in [5, 5.41) is 8.80. The van der Waals surface area contributed by atoms with E-state index >= 15 is 0 Å². The Bertz CT molecular complexity index is 357. The molecule has 1 rings (SSSR count). The molecular formula is C9H8BrClO2S. The van der Waals surface area contributed by atoms with E-state index < -0.39 is 11.2 Å². The van der Waals surface area contributed by atoms with Gasteiger partial charge in [-0.05, 0) is 25.1 Å². The molecule has 0 spiro atoms. The fourth-order valence-electron chi connectivity index (χ4n) is 0.808. The number of hydrogen-bond donors (Lipinski definition) is 1. The molecule has 0 saturated heterocycles. The van der Waals surface area contributed by atoms with Crippen molar-refractivity contribution in [3.63, 3.8) is 0 Å². The molecule has 0 amide bonds. The first kappa shape index (κ1) is 11.9. The lowest BCUT2D eigenvalue weighted by Gasteiger charge is -2.07. The molecule has 0 aliphatic heterocycles. The van der Waals surface area contributed by atoms with E-state index in [0.29, 0.717) is 5.02 Å². The van der Waals surface area contributed by atoms with Gasteiger partial charge in [-0.1, -0.05) is 27.5 Å². The number of carbonyl (C=O) groups is 1. The van der Waals surface area contributed by atoms with Gasteiger partial charge in [-0.15, -0.1) is 11.8 Å². The summed E-state index contributed by atoms with van der Waals surface area (Å²) < 4.78 is 0.891. The summed E-state index contributed by atoms with van der Waals surface area (Å²) in [6.07, 6.45) is 0. The summed E-state index contributed by atoms with van der Waals surface area (Å²) in [5.74, 6) is -0.842. The summed E-state index contributed by atoms with van der Waals surface area (Å²) in [6, 6.07) is 5.37. The SMILES string of the molecule is CC(Sc1cc(Br)ccc1Cl)C(=O)O. The van der Waals surface area contributed by atoms with Crippen LogP contribution in [0.4, 0.5) is 0 Å². The summed E-state index contributed by atoms with van der Waals surface area (Å²) >= 11 is 10.4. The van der Waals surface area contributed by atoms with Crippen LogP contribution in [0.15, 0.2) is 27.6 Å². The van der Waals surface area contributed by atoms with Crippen molar-refractivity contribution in [3.05, 3.63) is 27.7 Å². The number of carboxylic acids is 1. The van der Waals surface area contributed by atoms with E-state index in [1.807, 2.05) is 12.1 Å². The zero-order valence-electron chi connectivity index (χ0n) is 7.33. The van der Waals surface area contributed by atoms with Crippen LogP contribution in [0, 0.1) is 0 Å². The van der Waals surface area contributed by atoms with Crippen LogP contribution in [0.1, 0.15) is 6.92 Å². The molecule has 0 fully saturated rings. The Hall–Kier alpha value is -0.190. The number of rotatable bonds is 3. The molecule has 1 unspecified atom stereocenters. The maximum atomic E-state index is 10.6. The summed E-state index contributed by atoms with van der Waals surface area (Å²) in [5.41, 5.74) is 0. The van der Waals surface area contributed by atoms with Crippen LogP contribution in [0.2, 0.25) is 5.02 Å². The largest absolute Gasteiger partial charge is 0.480 e. The number of thioether (sulfide) groups is 1. The molecule has 1 atom stereocenters. The molecule has 0 heterocycles. The van der Waals surface area contributed by atoms with Gasteiger partial charge in [-0.3, -0.25) is 4.79 Å². The Kier molecular flexibility index (Phi) is 4.29. The number of hydrogen-bond acceptors (Lipinski definition) is 2. The van der Waals surface area contributed by atoms with Crippen molar-refractivity contribution in [1.82, 2.24) is 0 Å². The van der Waals surface area contributed by atoms with Crippen LogP contribution >= 0.6 is 39.3 Å². The fraction of sp³-hybridized carbons (Fsp3) is 0.222. The van der Waals surface area contributed by atoms with Crippen molar-refractivity contribution in [2.75, 3.05) is 0 Å². The van der Waals surface area contributed by atoms with Gasteiger partial charge in [-0.2, -0.15) is 0 Å². The maximum Gasteiger partial charge on any atom is 0.316 e. The van der Waals surface area contributed by atoms with Crippen LogP contribution in [-0.4, -0.2) is 16.3 Å². The average Bonchev–Trinajstić information content (AvgIpc) is 2.11. The number of carboxylic acid groups (broad SMARTS) is 1. The quantitative estimate of drug-likeness (QED) is 0.865. The highest BCUT2D eigenvalue weighted by molar-refractivity contribution is 9.10. The predicted octanol–water partition coefficient (Wildman–Crippen LogP) is 3.67. The third kappa shape index (κ3) is 3.19. The van der Waals surface area contributed by atoms with E-state index in [9.17, 15) is 4.79 Å². The predicted molar refractivity (Wildman–Crippen MR) is 62.1 cm³/mol. The second-order valence-corrected chi connectivity index (χ2v) is 5.38. The lowest BCUT2D eigenvalue weighted by Crippen LogP contribution is -2.11. The Morgan fingerprint density at radius 3 is 2.86 bits per heavy atom. The zero-order valence-corrected chi connectivity index (χ0v) is 10.5. The molecule has 1 aromatic rings. The Balaban J connectivity index is 2.85. The maximum absolute atomic E-state index is 10.6. The Morgan fingerprint density at radius 1 is 1.64 bits per heavy atom. The van der Waals surface area contributed by atoms with Gasteiger partial charge < -0.3 is 5.11 Å². The van der Waals surface area contributed by atoms with Crippen LogP contribution in [0.25, 0.3) is 0 Å². The van der Waals surface area contributed by atoms with Gasteiger partial charge in [0.25, 0.3) is 0 Å². The molecule has 2 nitrogen and oxygen atoms in total. The molecule has 0 aliphatic rings. The van der Waals surface area contributed by atoms with E-state index in [4.69, 9.17) is 16.7 Å². The highest BCUT2D eigenvalue weighted by atomic mass is 79.9. The molecule has 14 heavy (non-hydrogen) atoms. The van der Waals surface area contributed by atoms with Crippen molar-refractivity contribution in [3.8, 4) is 0 Å². The van der Waals surface area contributed by atoms with Gasteiger partial charge in [0.15, 0.2) is 0 Å². The highest BCUT2D eigenvalue weighted by Crippen LogP contribution is 2.32. The lowest BCUT2D eigenvalue weighted by molar-refractivity contribution is -0.136. The summed E-state index contributed by atoms with van der Waals surface area (Å²) in [4.78, 5) is 11.4. The van der Waals surface area contributed by atoms with Crippen LogP contribution in [-0.2, 0) is 4.79 Å². The topological polar surface area (TPSA) is 37.3 Å². The van der Waals surface area contributed by atoms with E-state index in [1.54, 1.807) is 13.0 Å². The molecule has 1 aromatic carbocycles. The lowest BCUT2D eigenvalue weighted by atomic mass is 10.4. The smallest absolute Gasteiger partial charge is 0.316 e. The molecule has 0 saturated carbocycles. The van der Waals surface area contributed by atoms with Crippen molar-refractivity contribution < 1.29 is 9.90 Å². The van der Waals surface area contributed by atoms with Gasteiger partial charge >= 0.3 is 5.97 Å². The van der Waals surface area contributed by atoms with Crippen LogP contribution in [0.3, 0.4) is 0 Å². The van der Waals surface area contributed by atoms with E-state index in [1.165, 1.54) is 11.8 Å². The normalized spacial score (nSPS) is 12.5. The van der Waals surface area contributed by atoms with Crippen molar-refractivity contribution in [1.29, 1.82) is 0 Å². The van der Waals surface area contributed by atoms with Crippen LogP contribution in [0.5, 0.6) is 0 Å². The molecule has 0 bridgehead atoms. The van der Waals surface area contributed by atoms with Gasteiger partial charge in [0, 0.05) is 9.37 Å². The van der Waals surface area contributed by atoms with Gasteiger partial charge in [0.05, 0.1) is 5.02 Å². The summed E-state index contributed by atoms with van der Waals surface area (Å²) in [6.45, 7) is 1.63. The van der Waals surface area contributed by atoms with E-state index in [2.05, 4.69) is 15.9 Å². The molecule has 76 valence electrons. The first-order valence-electron chi connectivity index (χ1n) is 3.85. The van der Waals surface area contributed by atoms with Crippen molar-refractivity contribution in [2.24, 2.45) is 0 Å². The molecular weight excluding hydrogens is 288 g/mol. The van der Waals surface area contributed by atoms with E-state index in [-0.39, 0.29) is 0 Å². The molecule has 1 N–H and O–H groups in total. The minimum atomic E-state index is -0.842. The third-order valence-corrected chi connectivity index (χ3v) is 3.63.